The van der Waals surface area contributed by atoms with E-state index in [1.165, 1.54) is 51.5 Å². The number of nitrogens with zero attached hydrogens (tertiary/aromatic N) is 1. The first-order valence-corrected chi connectivity index (χ1v) is 7.70. The Kier molecular flexibility index (Phi) is 3.35. The largest absolute Gasteiger partial charge is 0.466 e. The third-order valence-electron chi connectivity index (χ3n) is 5.35. The lowest BCUT2D eigenvalue weighted by Crippen LogP contribution is -2.46. The number of carbonyl (C=O) groups is 1. The zero-order valence-corrected chi connectivity index (χ0v) is 11.5. The van der Waals surface area contributed by atoms with E-state index in [1.54, 1.807) is 0 Å². The number of rotatable bonds is 2. The molecule has 102 valence electrons. The standard InChI is InChI=1S/C15H25NO2/c1-2-18-14(17)12-11-15(8-4-3-5-9-15)16-10-6-7-13(12)16/h12-13H,2-11H2,1H3/t12-,13+/m1/s1. The molecule has 2 aliphatic heterocycles. The van der Waals surface area contributed by atoms with E-state index in [0.29, 0.717) is 18.2 Å². The van der Waals surface area contributed by atoms with Gasteiger partial charge in [-0.15, -0.1) is 0 Å². The Morgan fingerprint density at radius 3 is 2.78 bits per heavy atom. The highest BCUT2D eigenvalue weighted by Crippen LogP contribution is 2.50. The Balaban J connectivity index is 1.80. The third kappa shape index (κ3) is 1.87. The average molecular weight is 251 g/mol. The van der Waals surface area contributed by atoms with Crippen molar-refractivity contribution < 1.29 is 9.53 Å². The highest BCUT2D eigenvalue weighted by molar-refractivity contribution is 5.74. The second-order valence-corrected chi connectivity index (χ2v) is 6.25. The fourth-order valence-corrected chi connectivity index (χ4v) is 4.65. The van der Waals surface area contributed by atoms with Crippen molar-refractivity contribution >= 4 is 5.97 Å². The van der Waals surface area contributed by atoms with Crippen LogP contribution in [-0.2, 0) is 9.53 Å². The van der Waals surface area contributed by atoms with Gasteiger partial charge in [0.15, 0.2) is 0 Å². The minimum Gasteiger partial charge on any atom is -0.466 e. The summed E-state index contributed by atoms with van der Waals surface area (Å²) in [6.07, 6.45) is 10.2. The molecule has 3 rings (SSSR count). The first-order valence-electron chi connectivity index (χ1n) is 7.70. The maximum absolute atomic E-state index is 12.2. The molecule has 3 heteroatoms. The van der Waals surface area contributed by atoms with Gasteiger partial charge in [0, 0.05) is 11.6 Å². The first-order chi connectivity index (χ1) is 8.77. The maximum Gasteiger partial charge on any atom is 0.310 e. The fourth-order valence-electron chi connectivity index (χ4n) is 4.65. The van der Waals surface area contributed by atoms with Crippen LogP contribution >= 0.6 is 0 Å². The topological polar surface area (TPSA) is 29.5 Å². The van der Waals surface area contributed by atoms with Gasteiger partial charge in [-0.1, -0.05) is 19.3 Å². The van der Waals surface area contributed by atoms with Gasteiger partial charge in [0.05, 0.1) is 12.5 Å². The molecule has 0 N–H and O–H groups in total. The van der Waals surface area contributed by atoms with Crippen LogP contribution in [0.1, 0.15) is 58.3 Å². The van der Waals surface area contributed by atoms with Gasteiger partial charge in [-0.25, -0.2) is 0 Å². The molecule has 0 radical (unpaired) electrons. The van der Waals surface area contributed by atoms with Gasteiger partial charge in [-0.2, -0.15) is 0 Å². The minimum atomic E-state index is 0.0665. The molecule has 0 amide bonds. The van der Waals surface area contributed by atoms with Crippen molar-refractivity contribution in [3.63, 3.8) is 0 Å². The van der Waals surface area contributed by atoms with Gasteiger partial charge in [-0.05, 0) is 45.6 Å². The molecule has 0 aromatic carbocycles. The molecular weight excluding hydrogens is 226 g/mol. The highest BCUT2D eigenvalue weighted by atomic mass is 16.5. The average Bonchev–Trinajstić information content (AvgIpc) is 2.95. The predicted octanol–water partition coefficient (Wildman–Crippen LogP) is 2.74. The second-order valence-electron chi connectivity index (χ2n) is 6.25. The van der Waals surface area contributed by atoms with Crippen LogP contribution in [0.5, 0.6) is 0 Å². The minimum absolute atomic E-state index is 0.0665. The lowest BCUT2D eigenvalue weighted by atomic mass is 9.78. The number of hydrogen-bond acceptors (Lipinski definition) is 3. The van der Waals surface area contributed by atoms with Crippen LogP contribution in [0.4, 0.5) is 0 Å². The zero-order chi connectivity index (χ0) is 12.6. The smallest absolute Gasteiger partial charge is 0.310 e. The summed E-state index contributed by atoms with van der Waals surface area (Å²) >= 11 is 0. The summed E-state index contributed by atoms with van der Waals surface area (Å²) in [5, 5.41) is 0. The van der Waals surface area contributed by atoms with Gasteiger partial charge in [0.1, 0.15) is 0 Å². The number of esters is 1. The Labute approximate surface area is 110 Å². The Morgan fingerprint density at radius 2 is 2.06 bits per heavy atom. The van der Waals surface area contributed by atoms with Crippen LogP contribution < -0.4 is 0 Å². The summed E-state index contributed by atoms with van der Waals surface area (Å²) in [6, 6.07) is 0.488. The van der Waals surface area contributed by atoms with Crippen molar-refractivity contribution in [1.82, 2.24) is 4.90 Å². The van der Waals surface area contributed by atoms with Gasteiger partial charge in [0.2, 0.25) is 0 Å². The van der Waals surface area contributed by atoms with Crippen molar-refractivity contribution in [2.45, 2.75) is 69.9 Å². The molecule has 0 aromatic heterocycles. The molecule has 18 heavy (non-hydrogen) atoms. The van der Waals surface area contributed by atoms with Crippen molar-refractivity contribution in [1.29, 1.82) is 0 Å². The fraction of sp³-hybridized carbons (Fsp3) is 0.933. The van der Waals surface area contributed by atoms with Crippen molar-refractivity contribution in [3.8, 4) is 0 Å². The van der Waals surface area contributed by atoms with E-state index in [4.69, 9.17) is 4.74 Å². The van der Waals surface area contributed by atoms with Crippen LogP contribution in [0, 0.1) is 5.92 Å². The van der Waals surface area contributed by atoms with E-state index < -0.39 is 0 Å². The molecule has 1 aliphatic carbocycles. The molecule has 0 bridgehead atoms. The van der Waals surface area contributed by atoms with Crippen LogP contribution in [0.25, 0.3) is 0 Å². The molecule has 1 spiro atoms. The predicted molar refractivity (Wildman–Crippen MR) is 70.3 cm³/mol. The quantitative estimate of drug-likeness (QED) is 0.707. The number of hydrogen-bond donors (Lipinski definition) is 0. The third-order valence-corrected chi connectivity index (χ3v) is 5.35. The van der Waals surface area contributed by atoms with Crippen LogP contribution in [0.2, 0.25) is 0 Å². The van der Waals surface area contributed by atoms with Crippen molar-refractivity contribution in [2.75, 3.05) is 13.2 Å². The summed E-state index contributed by atoms with van der Waals surface area (Å²) in [5.41, 5.74) is 0.358. The molecule has 2 atom stereocenters. The summed E-state index contributed by atoms with van der Waals surface area (Å²) in [6.45, 7) is 3.64. The molecule has 3 nitrogen and oxygen atoms in total. The van der Waals surface area contributed by atoms with E-state index in [-0.39, 0.29) is 11.9 Å². The lowest BCUT2D eigenvalue weighted by Gasteiger charge is -2.41. The van der Waals surface area contributed by atoms with Gasteiger partial charge < -0.3 is 4.74 Å². The number of carbonyl (C=O) groups excluding carboxylic acids is 1. The molecule has 2 heterocycles. The molecule has 3 aliphatic rings. The molecule has 0 unspecified atom stereocenters. The molecule has 0 aromatic rings. The van der Waals surface area contributed by atoms with E-state index in [0.717, 1.165) is 6.42 Å². The summed E-state index contributed by atoms with van der Waals surface area (Å²) in [4.78, 5) is 14.9. The highest BCUT2D eigenvalue weighted by Gasteiger charge is 2.55. The number of ether oxygens (including phenoxy) is 1. The SMILES string of the molecule is CCOC(=O)[C@@H]1CC2(CCCCC2)N2CCC[C@@H]12. The summed E-state index contributed by atoms with van der Waals surface area (Å²) < 4.78 is 5.30. The Bertz CT molecular complexity index is 322. The lowest BCUT2D eigenvalue weighted by molar-refractivity contribution is -0.148. The monoisotopic (exact) mass is 251 g/mol. The number of fused-ring (bicyclic) bond motifs is 2. The molecule has 3 fully saturated rings. The Morgan fingerprint density at radius 1 is 1.28 bits per heavy atom. The summed E-state index contributed by atoms with van der Waals surface area (Å²) in [7, 11) is 0. The van der Waals surface area contributed by atoms with E-state index >= 15 is 0 Å². The van der Waals surface area contributed by atoms with Crippen LogP contribution in [0.15, 0.2) is 0 Å². The maximum atomic E-state index is 12.2. The Hall–Kier alpha value is -0.570. The summed E-state index contributed by atoms with van der Waals surface area (Å²) in [5.74, 6) is 0.224. The molecule has 2 saturated heterocycles. The van der Waals surface area contributed by atoms with Crippen molar-refractivity contribution in [3.05, 3.63) is 0 Å². The first kappa shape index (κ1) is 12.5. The van der Waals surface area contributed by atoms with Gasteiger partial charge in [-0.3, -0.25) is 9.69 Å². The van der Waals surface area contributed by atoms with Crippen LogP contribution in [0.3, 0.4) is 0 Å². The van der Waals surface area contributed by atoms with Crippen molar-refractivity contribution in [2.24, 2.45) is 5.92 Å². The van der Waals surface area contributed by atoms with Crippen LogP contribution in [-0.4, -0.2) is 35.6 Å². The normalized spacial score (nSPS) is 34.7. The van der Waals surface area contributed by atoms with E-state index in [2.05, 4.69) is 4.90 Å². The molecular formula is C15H25NO2. The second kappa shape index (κ2) is 4.84. The van der Waals surface area contributed by atoms with E-state index in [1.807, 2.05) is 6.92 Å². The van der Waals surface area contributed by atoms with Gasteiger partial charge in [0.25, 0.3) is 0 Å². The van der Waals surface area contributed by atoms with E-state index in [9.17, 15) is 4.79 Å². The zero-order valence-electron chi connectivity index (χ0n) is 11.5. The van der Waals surface area contributed by atoms with Gasteiger partial charge >= 0.3 is 5.97 Å². The molecule has 1 saturated carbocycles.